The molecule has 21 heavy (non-hydrogen) atoms. The lowest BCUT2D eigenvalue weighted by Crippen LogP contribution is -2.01. The average molecular weight is 327 g/mol. The molecule has 0 saturated carbocycles. The summed E-state index contributed by atoms with van der Waals surface area (Å²) in [7, 11) is 0. The van der Waals surface area contributed by atoms with E-state index < -0.39 is 4.92 Å². The number of ether oxygens (including phenoxy) is 1. The fourth-order valence-corrected chi connectivity index (χ4v) is 1.90. The Labute approximate surface area is 129 Å². The van der Waals surface area contributed by atoms with E-state index in [1.807, 2.05) is 0 Å². The highest BCUT2D eigenvalue weighted by Crippen LogP contribution is 2.38. The molecule has 0 aliphatic heterocycles. The van der Waals surface area contributed by atoms with Crippen molar-refractivity contribution in [2.24, 2.45) is 0 Å². The van der Waals surface area contributed by atoms with Crippen LogP contribution in [0.4, 0.5) is 5.69 Å². The number of benzene rings is 1. The third kappa shape index (κ3) is 3.29. The van der Waals surface area contributed by atoms with Gasteiger partial charge in [0, 0.05) is 18.3 Å². The van der Waals surface area contributed by atoms with Crippen molar-refractivity contribution in [2.75, 3.05) is 0 Å². The zero-order valence-corrected chi connectivity index (χ0v) is 12.2. The van der Waals surface area contributed by atoms with Gasteiger partial charge in [0.15, 0.2) is 5.78 Å². The van der Waals surface area contributed by atoms with Crippen molar-refractivity contribution < 1.29 is 14.5 Å². The van der Waals surface area contributed by atoms with Crippen LogP contribution in [0.2, 0.25) is 10.0 Å². The molecule has 0 atom stereocenters. The predicted molar refractivity (Wildman–Crippen MR) is 77.4 cm³/mol. The van der Waals surface area contributed by atoms with Gasteiger partial charge in [-0.3, -0.25) is 14.9 Å². The molecule has 0 spiro atoms. The zero-order valence-electron chi connectivity index (χ0n) is 10.7. The third-order valence-electron chi connectivity index (χ3n) is 2.56. The minimum Gasteiger partial charge on any atom is -0.431 e. The van der Waals surface area contributed by atoms with Gasteiger partial charge in [0.05, 0.1) is 20.5 Å². The molecule has 1 aromatic heterocycles. The molecule has 1 heterocycles. The van der Waals surface area contributed by atoms with Crippen LogP contribution in [0.15, 0.2) is 30.5 Å². The van der Waals surface area contributed by atoms with Crippen LogP contribution < -0.4 is 4.74 Å². The first kappa shape index (κ1) is 15.2. The number of nitrogens with zero attached hydrogens (tertiary/aromatic N) is 2. The van der Waals surface area contributed by atoms with Crippen molar-refractivity contribution in [3.63, 3.8) is 0 Å². The van der Waals surface area contributed by atoms with Crippen molar-refractivity contribution in [2.45, 2.75) is 6.92 Å². The van der Waals surface area contributed by atoms with Crippen molar-refractivity contribution in [1.29, 1.82) is 0 Å². The Kier molecular flexibility index (Phi) is 4.40. The molecular weight excluding hydrogens is 319 g/mol. The van der Waals surface area contributed by atoms with Gasteiger partial charge >= 0.3 is 5.69 Å². The van der Waals surface area contributed by atoms with Gasteiger partial charge in [-0.1, -0.05) is 23.2 Å². The van der Waals surface area contributed by atoms with Gasteiger partial charge in [-0.2, -0.15) is 0 Å². The Bertz CT molecular complexity index is 734. The predicted octanol–water partition coefficient (Wildman–Crippen LogP) is 4.29. The smallest absolute Gasteiger partial charge is 0.313 e. The lowest BCUT2D eigenvalue weighted by molar-refractivity contribution is -0.385. The van der Waals surface area contributed by atoms with Gasteiger partial charge in [-0.05, 0) is 19.1 Å². The van der Waals surface area contributed by atoms with Crippen LogP contribution in [0.5, 0.6) is 11.6 Å². The second-order valence-electron chi connectivity index (χ2n) is 4.01. The number of nitro groups is 1. The van der Waals surface area contributed by atoms with E-state index in [9.17, 15) is 14.9 Å². The molecular formula is C13H8Cl2N2O4. The summed E-state index contributed by atoms with van der Waals surface area (Å²) < 4.78 is 5.38. The molecule has 0 aliphatic rings. The Hall–Kier alpha value is -2.18. The Morgan fingerprint density at radius 3 is 2.62 bits per heavy atom. The molecule has 0 fully saturated rings. The highest BCUT2D eigenvalue weighted by atomic mass is 35.5. The quantitative estimate of drug-likeness (QED) is 0.475. The lowest BCUT2D eigenvalue weighted by Gasteiger charge is -2.09. The number of carbonyl (C=O) groups excluding carboxylic acids is 1. The largest absolute Gasteiger partial charge is 0.431 e. The molecule has 2 rings (SSSR count). The highest BCUT2D eigenvalue weighted by molar-refractivity contribution is 6.42. The lowest BCUT2D eigenvalue weighted by atomic mass is 10.2. The highest BCUT2D eigenvalue weighted by Gasteiger charge is 2.21. The Morgan fingerprint density at radius 2 is 2.00 bits per heavy atom. The summed E-state index contributed by atoms with van der Waals surface area (Å²) in [6, 6.07) is 5.36. The Balaban J connectivity index is 2.52. The van der Waals surface area contributed by atoms with E-state index in [1.165, 1.54) is 25.3 Å². The second kappa shape index (κ2) is 6.07. The molecule has 1 aromatic carbocycles. The van der Waals surface area contributed by atoms with E-state index in [1.54, 1.807) is 6.07 Å². The van der Waals surface area contributed by atoms with Crippen molar-refractivity contribution >= 4 is 34.7 Å². The molecule has 0 N–H and O–H groups in total. The summed E-state index contributed by atoms with van der Waals surface area (Å²) in [5, 5.41) is 11.2. The number of pyridine rings is 1. The monoisotopic (exact) mass is 326 g/mol. The van der Waals surface area contributed by atoms with Crippen LogP contribution in [0.3, 0.4) is 0 Å². The van der Waals surface area contributed by atoms with Crippen LogP contribution in [0.1, 0.15) is 17.3 Å². The van der Waals surface area contributed by atoms with Gasteiger partial charge in [-0.15, -0.1) is 0 Å². The number of aromatic nitrogens is 1. The topological polar surface area (TPSA) is 82.3 Å². The minimum absolute atomic E-state index is 0.0310. The van der Waals surface area contributed by atoms with E-state index in [0.29, 0.717) is 0 Å². The standard InChI is InChI=1S/C13H8Cl2N2O4/c1-7(18)8-3-2-4-16-13(8)21-12-6-10(15)9(14)5-11(12)17(19)20/h2-6H,1H3. The second-order valence-corrected chi connectivity index (χ2v) is 4.82. The molecule has 0 unspecified atom stereocenters. The van der Waals surface area contributed by atoms with Crippen molar-refractivity contribution in [3.8, 4) is 11.6 Å². The van der Waals surface area contributed by atoms with Crippen LogP contribution in [-0.4, -0.2) is 15.7 Å². The van der Waals surface area contributed by atoms with Crippen LogP contribution in [0.25, 0.3) is 0 Å². The van der Waals surface area contributed by atoms with Crippen LogP contribution >= 0.6 is 23.2 Å². The van der Waals surface area contributed by atoms with Crippen LogP contribution in [0, 0.1) is 10.1 Å². The number of carbonyl (C=O) groups is 1. The number of halogens is 2. The maximum Gasteiger partial charge on any atom is 0.313 e. The summed E-state index contributed by atoms with van der Waals surface area (Å²) >= 11 is 11.6. The summed E-state index contributed by atoms with van der Waals surface area (Å²) in [5.74, 6) is -0.456. The number of nitro benzene ring substituents is 1. The first-order valence-corrected chi connectivity index (χ1v) is 6.43. The van der Waals surface area contributed by atoms with E-state index in [0.717, 1.165) is 6.07 Å². The maximum atomic E-state index is 11.5. The molecule has 2 aromatic rings. The minimum atomic E-state index is -0.659. The number of hydrogen-bond donors (Lipinski definition) is 0. The maximum absolute atomic E-state index is 11.5. The first-order chi connectivity index (χ1) is 9.90. The van der Waals surface area contributed by atoms with E-state index >= 15 is 0 Å². The number of Topliss-reactive ketones (excluding diaryl/α,β-unsaturated/α-hetero) is 1. The van der Waals surface area contributed by atoms with Gasteiger partial charge in [0.25, 0.3) is 0 Å². The molecule has 8 heteroatoms. The third-order valence-corrected chi connectivity index (χ3v) is 3.28. The van der Waals surface area contributed by atoms with E-state index in [-0.39, 0.29) is 38.7 Å². The zero-order chi connectivity index (χ0) is 15.6. The van der Waals surface area contributed by atoms with Gasteiger partial charge in [-0.25, -0.2) is 4.98 Å². The fraction of sp³-hybridized carbons (Fsp3) is 0.0769. The number of ketones is 1. The summed E-state index contributed by atoms with van der Waals surface area (Å²) in [6.45, 7) is 1.34. The molecule has 0 saturated heterocycles. The molecule has 0 bridgehead atoms. The number of hydrogen-bond acceptors (Lipinski definition) is 5. The molecule has 0 radical (unpaired) electrons. The molecule has 0 aliphatic carbocycles. The van der Waals surface area contributed by atoms with Gasteiger partial charge in [0.1, 0.15) is 0 Å². The first-order valence-electron chi connectivity index (χ1n) is 5.67. The van der Waals surface area contributed by atoms with Crippen molar-refractivity contribution in [1.82, 2.24) is 4.98 Å². The Morgan fingerprint density at radius 1 is 1.33 bits per heavy atom. The fourth-order valence-electron chi connectivity index (χ4n) is 1.59. The normalized spacial score (nSPS) is 10.2. The molecule has 6 nitrogen and oxygen atoms in total. The van der Waals surface area contributed by atoms with Crippen LogP contribution in [-0.2, 0) is 0 Å². The van der Waals surface area contributed by atoms with E-state index in [2.05, 4.69) is 4.98 Å². The SMILES string of the molecule is CC(=O)c1cccnc1Oc1cc(Cl)c(Cl)cc1[N+](=O)[O-]. The molecule has 0 amide bonds. The van der Waals surface area contributed by atoms with Gasteiger partial charge in [0.2, 0.25) is 11.6 Å². The van der Waals surface area contributed by atoms with Crippen molar-refractivity contribution in [3.05, 3.63) is 56.2 Å². The molecule has 108 valence electrons. The van der Waals surface area contributed by atoms with Gasteiger partial charge < -0.3 is 4.74 Å². The summed E-state index contributed by atoms with van der Waals surface area (Å²) in [5.41, 5.74) is -0.164. The number of rotatable bonds is 4. The summed E-state index contributed by atoms with van der Waals surface area (Å²) in [4.78, 5) is 25.8. The summed E-state index contributed by atoms with van der Waals surface area (Å²) in [6.07, 6.45) is 1.41. The average Bonchev–Trinajstić information content (AvgIpc) is 2.42. The van der Waals surface area contributed by atoms with E-state index in [4.69, 9.17) is 27.9 Å².